The first-order valence-corrected chi connectivity index (χ1v) is 10.5. The van der Waals surface area contributed by atoms with Gasteiger partial charge >= 0.3 is 0 Å². The number of hydrogen-bond acceptors (Lipinski definition) is 8. The molecule has 0 bridgehead atoms. The number of nitrogens with one attached hydrogen (secondary N) is 2. The van der Waals surface area contributed by atoms with Crippen molar-refractivity contribution in [1.29, 1.82) is 0 Å². The zero-order valence-electron chi connectivity index (χ0n) is 18.5. The summed E-state index contributed by atoms with van der Waals surface area (Å²) in [5.41, 5.74) is -0.487. The summed E-state index contributed by atoms with van der Waals surface area (Å²) in [4.78, 5) is 25.1. The van der Waals surface area contributed by atoms with Gasteiger partial charge in [-0.3, -0.25) is 4.79 Å². The predicted molar refractivity (Wildman–Crippen MR) is 121 cm³/mol. The second-order valence-electron chi connectivity index (χ2n) is 8.12. The van der Waals surface area contributed by atoms with E-state index in [-0.39, 0.29) is 12.5 Å². The summed E-state index contributed by atoms with van der Waals surface area (Å²) < 4.78 is 5.66. The van der Waals surface area contributed by atoms with E-state index in [9.17, 15) is 9.90 Å². The molecule has 1 saturated heterocycles. The second kappa shape index (κ2) is 10.4. The monoisotopic (exact) mass is 428 g/mol. The van der Waals surface area contributed by atoms with Gasteiger partial charge < -0.3 is 30.3 Å². The van der Waals surface area contributed by atoms with Crippen molar-refractivity contribution in [2.24, 2.45) is 0 Å². The standard InChI is InChI=1S/C22H32N6O3/c1-23-19-13-20(26-16-25-19)28-10-4-9-22(30,15-28)14-24-21(29)17-5-7-18(8-6-17)31-12-11-27(2)3/h5-8,13,16,30H,4,9-12,14-15H2,1-3H3,(H,24,29)(H,23,25,26). The molecule has 2 heterocycles. The summed E-state index contributed by atoms with van der Waals surface area (Å²) in [5.74, 6) is 1.99. The van der Waals surface area contributed by atoms with E-state index in [1.807, 2.05) is 30.0 Å². The van der Waals surface area contributed by atoms with Crippen molar-refractivity contribution in [1.82, 2.24) is 20.2 Å². The van der Waals surface area contributed by atoms with Gasteiger partial charge in [0.15, 0.2) is 0 Å². The summed E-state index contributed by atoms with van der Waals surface area (Å²) in [6.45, 7) is 2.78. The molecule has 0 aliphatic carbocycles. The van der Waals surface area contributed by atoms with Gasteiger partial charge in [-0.25, -0.2) is 9.97 Å². The van der Waals surface area contributed by atoms with Crippen LogP contribution in [0.2, 0.25) is 0 Å². The highest BCUT2D eigenvalue weighted by molar-refractivity contribution is 5.94. The van der Waals surface area contributed by atoms with Crippen molar-refractivity contribution >= 4 is 17.5 Å². The van der Waals surface area contributed by atoms with Crippen LogP contribution in [-0.2, 0) is 0 Å². The molecule has 3 N–H and O–H groups in total. The van der Waals surface area contributed by atoms with Gasteiger partial charge in [0.25, 0.3) is 5.91 Å². The minimum absolute atomic E-state index is 0.174. The summed E-state index contributed by atoms with van der Waals surface area (Å²) in [7, 11) is 5.78. The van der Waals surface area contributed by atoms with Crippen LogP contribution in [0.5, 0.6) is 5.75 Å². The maximum atomic E-state index is 12.6. The Labute approximate surface area is 183 Å². The lowest BCUT2D eigenvalue weighted by molar-refractivity contribution is 0.0254. The summed E-state index contributed by atoms with van der Waals surface area (Å²) >= 11 is 0. The van der Waals surface area contributed by atoms with Crippen LogP contribution in [0.3, 0.4) is 0 Å². The van der Waals surface area contributed by atoms with Crippen LogP contribution < -0.4 is 20.3 Å². The molecule has 0 saturated carbocycles. The highest BCUT2D eigenvalue weighted by Gasteiger charge is 2.34. The first-order chi connectivity index (χ1) is 14.9. The fourth-order valence-corrected chi connectivity index (χ4v) is 3.50. The molecule has 0 radical (unpaired) electrons. The number of aromatic nitrogens is 2. The third kappa shape index (κ3) is 6.53. The van der Waals surface area contributed by atoms with E-state index in [4.69, 9.17) is 4.74 Å². The number of likely N-dealkylation sites (N-methyl/N-ethyl adjacent to an activating group) is 1. The van der Waals surface area contributed by atoms with Gasteiger partial charge in [0, 0.05) is 44.9 Å². The fraction of sp³-hybridized carbons (Fsp3) is 0.500. The largest absolute Gasteiger partial charge is 0.492 e. The van der Waals surface area contributed by atoms with Crippen LogP contribution in [0.15, 0.2) is 36.7 Å². The number of amides is 1. The number of hydrogen-bond donors (Lipinski definition) is 3. The Balaban J connectivity index is 1.53. The molecule has 1 aliphatic heterocycles. The Morgan fingerprint density at radius 2 is 2.06 bits per heavy atom. The molecule has 1 aliphatic rings. The number of aliphatic hydroxyl groups is 1. The molecule has 31 heavy (non-hydrogen) atoms. The summed E-state index contributed by atoms with van der Waals surface area (Å²) in [6, 6.07) is 8.90. The maximum absolute atomic E-state index is 12.6. The fourth-order valence-electron chi connectivity index (χ4n) is 3.50. The van der Waals surface area contributed by atoms with Crippen LogP contribution in [0.1, 0.15) is 23.2 Å². The van der Waals surface area contributed by atoms with Gasteiger partial charge in [0.1, 0.15) is 30.3 Å². The van der Waals surface area contributed by atoms with Gasteiger partial charge in [-0.1, -0.05) is 0 Å². The maximum Gasteiger partial charge on any atom is 0.251 e. The van der Waals surface area contributed by atoms with E-state index in [1.54, 1.807) is 31.3 Å². The Kier molecular flexibility index (Phi) is 7.64. The van der Waals surface area contributed by atoms with Crippen molar-refractivity contribution in [3.63, 3.8) is 0 Å². The van der Waals surface area contributed by atoms with E-state index in [0.717, 1.165) is 36.9 Å². The molecule has 1 fully saturated rings. The topological polar surface area (TPSA) is 103 Å². The molecule has 168 valence electrons. The van der Waals surface area contributed by atoms with Crippen LogP contribution in [0.25, 0.3) is 0 Å². The quantitative estimate of drug-likeness (QED) is 0.548. The average molecular weight is 429 g/mol. The van der Waals surface area contributed by atoms with Crippen LogP contribution in [0.4, 0.5) is 11.6 Å². The SMILES string of the molecule is CNc1cc(N2CCCC(O)(CNC(=O)c3ccc(OCCN(C)C)cc3)C2)ncn1. The molecule has 2 aromatic rings. The lowest BCUT2D eigenvalue weighted by Gasteiger charge is -2.39. The highest BCUT2D eigenvalue weighted by atomic mass is 16.5. The highest BCUT2D eigenvalue weighted by Crippen LogP contribution is 2.25. The van der Waals surface area contributed by atoms with Gasteiger partial charge in [-0.2, -0.15) is 0 Å². The summed E-state index contributed by atoms with van der Waals surface area (Å²) in [6.07, 6.45) is 2.93. The van der Waals surface area contributed by atoms with E-state index in [2.05, 4.69) is 20.6 Å². The Morgan fingerprint density at radius 1 is 1.29 bits per heavy atom. The third-order valence-electron chi connectivity index (χ3n) is 5.29. The van der Waals surface area contributed by atoms with E-state index in [0.29, 0.717) is 25.1 Å². The number of rotatable bonds is 9. The van der Waals surface area contributed by atoms with Crippen molar-refractivity contribution in [3.8, 4) is 5.75 Å². The number of carbonyl (C=O) groups excluding carboxylic acids is 1. The number of nitrogens with zero attached hydrogens (tertiary/aromatic N) is 4. The van der Waals surface area contributed by atoms with Crippen LogP contribution >= 0.6 is 0 Å². The van der Waals surface area contributed by atoms with Gasteiger partial charge in [0.2, 0.25) is 0 Å². The summed E-state index contributed by atoms with van der Waals surface area (Å²) in [5, 5.41) is 16.9. The number of β-amino-alcohol motifs (C(OH)–C–C–N with tert-alkyl or cyclic N) is 1. The molecule has 0 spiro atoms. The smallest absolute Gasteiger partial charge is 0.251 e. The number of benzene rings is 1. The van der Waals surface area contributed by atoms with Crippen LogP contribution in [-0.4, -0.2) is 85.4 Å². The Bertz CT molecular complexity index is 861. The Morgan fingerprint density at radius 3 is 2.77 bits per heavy atom. The lowest BCUT2D eigenvalue weighted by Crippen LogP contribution is -2.54. The number of piperidine rings is 1. The molecule has 1 aromatic carbocycles. The van der Waals surface area contributed by atoms with Crippen molar-refractivity contribution < 1.29 is 14.6 Å². The average Bonchev–Trinajstić information content (AvgIpc) is 2.78. The van der Waals surface area contributed by atoms with Gasteiger partial charge in [0.05, 0.1) is 5.60 Å². The van der Waals surface area contributed by atoms with E-state index >= 15 is 0 Å². The van der Waals surface area contributed by atoms with Crippen molar-refractivity contribution in [2.75, 3.05) is 64.1 Å². The van der Waals surface area contributed by atoms with Gasteiger partial charge in [-0.05, 0) is 51.2 Å². The first-order valence-electron chi connectivity index (χ1n) is 10.5. The second-order valence-corrected chi connectivity index (χ2v) is 8.12. The molecule has 9 nitrogen and oxygen atoms in total. The van der Waals surface area contributed by atoms with E-state index in [1.165, 1.54) is 6.33 Å². The third-order valence-corrected chi connectivity index (χ3v) is 5.29. The number of ether oxygens (including phenoxy) is 1. The zero-order chi connectivity index (χ0) is 22.3. The molecule has 1 amide bonds. The van der Waals surface area contributed by atoms with E-state index < -0.39 is 5.60 Å². The predicted octanol–water partition coefficient (Wildman–Crippen LogP) is 1.22. The van der Waals surface area contributed by atoms with Crippen molar-refractivity contribution in [2.45, 2.75) is 18.4 Å². The zero-order valence-corrected chi connectivity index (χ0v) is 18.5. The molecular formula is C22H32N6O3. The molecule has 1 unspecified atom stereocenters. The number of carbonyl (C=O) groups is 1. The minimum atomic E-state index is -1.02. The molecule has 1 aromatic heterocycles. The molecule has 9 heteroatoms. The molecule has 1 atom stereocenters. The Hall–Kier alpha value is -2.91. The normalized spacial score (nSPS) is 18.7. The number of anilines is 2. The van der Waals surface area contributed by atoms with Gasteiger partial charge in [-0.15, -0.1) is 0 Å². The lowest BCUT2D eigenvalue weighted by atomic mass is 9.92. The first kappa shape index (κ1) is 22.8. The van der Waals surface area contributed by atoms with Crippen LogP contribution in [0, 0.1) is 0 Å². The van der Waals surface area contributed by atoms with Crippen molar-refractivity contribution in [3.05, 3.63) is 42.2 Å². The minimum Gasteiger partial charge on any atom is -0.492 e. The molecule has 3 rings (SSSR count). The molecular weight excluding hydrogens is 396 g/mol.